The van der Waals surface area contributed by atoms with E-state index in [0.29, 0.717) is 22.8 Å². The minimum Gasteiger partial charge on any atom is -0.360 e. The normalized spacial score (nSPS) is 21.4. The van der Waals surface area contributed by atoms with Gasteiger partial charge < -0.3 is 25.1 Å². The first-order valence-corrected chi connectivity index (χ1v) is 15.0. The molecule has 0 saturated carbocycles. The van der Waals surface area contributed by atoms with Crippen LogP contribution in [0.3, 0.4) is 0 Å². The second kappa shape index (κ2) is 9.76. The number of alkyl halides is 3. The largest absolute Gasteiger partial charge is 0.419 e. The summed E-state index contributed by atoms with van der Waals surface area (Å²) in [5.74, 6) is -0.211. The summed E-state index contributed by atoms with van der Waals surface area (Å²) < 4.78 is 55.4. The zero-order valence-corrected chi connectivity index (χ0v) is 21.7. The number of H-pyrrole nitrogens is 1. The Labute approximate surface area is 212 Å². The predicted octanol–water partition coefficient (Wildman–Crippen LogP) is 4.29. The summed E-state index contributed by atoms with van der Waals surface area (Å²) >= 11 is 0. The molecule has 8 nitrogen and oxygen atoms in total. The lowest BCUT2D eigenvalue weighted by molar-refractivity contribution is -0.137. The molecule has 0 radical (unpaired) electrons. The van der Waals surface area contributed by atoms with Crippen molar-refractivity contribution in [1.82, 2.24) is 25.2 Å². The van der Waals surface area contributed by atoms with E-state index in [-0.39, 0.29) is 34.7 Å². The molecule has 198 valence electrons. The number of rotatable bonds is 1. The summed E-state index contributed by atoms with van der Waals surface area (Å²) in [6, 6.07) is 3.17. The lowest BCUT2D eigenvalue weighted by Crippen LogP contribution is -2.30. The number of aromatic amines is 1. The van der Waals surface area contributed by atoms with Gasteiger partial charge in [0.05, 0.1) is 16.8 Å². The van der Waals surface area contributed by atoms with Crippen LogP contribution >= 0.6 is 7.14 Å². The van der Waals surface area contributed by atoms with Gasteiger partial charge in [0, 0.05) is 54.3 Å². The van der Waals surface area contributed by atoms with Crippen molar-refractivity contribution >= 4 is 35.2 Å². The Morgan fingerprint density at radius 1 is 1.11 bits per heavy atom. The van der Waals surface area contributed by atoms with E-state index < -0.39 is 18.9 Å². The number of nitrogens with one attached hydrogen (secondary N) is 3. The van der Waals surface area contributed by atoms with Crippen LogP contribution in [-0.2, 0) is 10.7 Å². The zero-order chi connectivity index (χ0) is 26.4. The van der Waals surface area contributed by atoms with Gasteiger partial charge >= 0.3 is 6.18 Å². The lowest BCUT2D eigenvalue weighted by atomic mass is 10.0. The van der Waals surface area contributed by atoms with E-state index in [2.05, 4.69) is 30.5 Å². The van der Waals surface area contributed by atoms with E-state index in [4.69, 9.17) is 0 Å². The fraction of sp³-hybridized carbons (Fsp3) is 0.480. The molecule has 1 fully saturated rings. The molecule has 6 rings (SSSR count). The van der Waals surface area contributed by atoms with E-state index >= 15 is 0 Å². The average molecular weight is 535 g/mol. The molecule has 3 aliphatic rings. The van der Waals surface area contributed by atoms with Gasteiger partial charge in [-0.3, -0.25) is 4.79 Å². The van der Waals surface area contributed by atoms with Crippen molar-refractivity contribution in [3.63, 3.8) is 0 Å². The maximum absolute atomic E-state index is 14.0. The second-order valence-corrected chi connectivity index (χ2v) is 13.3. The average Bonchev–Trinajstić information content (AvgIpc) is 3.45. The molecule has 37 heavy (non-hydrogen) atoms. The number of amides is 1. The lowest BCUT2D eigenvalue weighted by Gasteiger charge is -2.18. The molecule has 1 unspecified atom stereocenters. The van der Waals surface area contributed by atoms with Crippen LogP contribution in [0, 0.1) is 0 Å². The van der Waals surface area contributed by atoms with E-state index in [9.17, 15) is 22.5 Å². The first-order chi connectivity index (χ1) is 17.5. The SMILES string of the molecule is CP(C)(=O)c1c2ccc3c(c[nH]c13)-c1nc(ncc1C(F)(F)F)N[C@H]1CCN(CCCCCNC2=O)C1. The molecule has 12 heteroatoms. The summed E-state index contributed by atoms with van der Waals surface area (Å²) in [6.45, 7) is 6.15. The molecule has 2 aromatic heterocycles. The first kappa shape index (κ1) is 25.7. The Morgan fingerprint density at radius 2 is 1.92 bits per heavy atom. The molecular weight excluding hydrogens is 504 g/mol. The van der Waals surface area contributed by atoms with Gasteiger partial charge in [-0.05, 0) is 45.2 Å². The van der Waals surface area contributed by atoms with E-state index in [1.807, 2.05) is 0 Å². The van der Waals surface area contributed by atoms with E-state index in [1.54, 1.807) is 19.4 Å². The molecule has 1 saturated heterocycles. The number of fused-ring (bicyclic) bond motifs is 7. The molecule has 1 aromatic carbocycles. The van der Waals surface area contributed by atoms with Crippen LogP contribution in [-0.4, -0.2) is 71.3 Å². The Balaban J connectivity index is 1.69. The second-order valence-electron chi connectivity index (χ2n) is 10.1. The monoisotopic (exact) mass is 534 g/mol. The summed E-state index contributed by atoms with van der Waals surface area (Å²) in [5.41, 5.74) is -0.384. The number of carbonyl (C=O) groups is 1. The molecule has 2 atom stereocenters. The van der Waals surface area contributed by atoms with Gasteiger partial charge in [0.25, 0.3) is 5.91 Å². The van der Waals surface area contributed by atoms with Crippen molar-refractivity contribution in [3.8, 4) is 11.3 Å². The molecule has 1 amide bonds. The van der Waals surface area contributed by atoms with Crippen molar-refractivity contribution in [2.75, 3.05) is 44.8 Å². The van der Waals surface area contributed by atoms with Gasteiger partial charge in [0.2, 0.25) is 5.95 Å². The highest BCUT2D eigenvalue weighted by atomic mass is 31.2. The predicted molar refractivity (Wildman–Crippen MR) is 138 cm³/mol. The van der Waals surface area contributed by atoms with Gasteiger partial charge in [-0.25, -0.2) is 9.97 Å². The van der Waals surface area contributed by atoms with Crippen LogP contribution in [0.15, 0.2) is 24.5 Å². The highest BCUT2D eigenvalue weighted by molar-refractivity contribution is 7.70. The Bertz CT molecular complexity index is 1380. The standard InChI is InChI=1S/C25H30F3N6O2P/c1-37(2,36)22-17-7-6-16-18(12-30-21(16)22)20-19(25(26,27)28)13-31-24(33-20)32-15-8-11-34(14-15)10-5-3-4-9-29-23(17)35/h6-7,12-13,15,30H,3-5,8-11,14H2,1-2H3,(H,29,35)(H,31,32,33)/t15-/m0/s1. The van der Waals surface area contributed by atoms with Crippen LogP contribution in [0.4, 0.5) is 19.1 Å². The van der Waals surface area contributed by atoms with Crippen LogP contribution in [0.2, 0.25) is 0 Å². The van der Waals surface area contributed by atoms with Crippen molar-refractivity contribution < 1.29 is 22.5 Å². The highest BCUT2D eigenvalue weighted by Crippen LogP contribution is 2.43. The summed E-state index contributed by atoms with van der Waals surface area (Å²) in [4.78, 5) is 26.7. The van der Waals surface area contributed by atoms with Gasteiger partial charge in [-0.2, -0.15) is 13.2 Å². The Kier molecular flexibility index (Phi) is 6.79. The topological polar surface area (TPSA) is 103 Å². The number of hydrogen-bond acceptors (Lipinski definition) is 6. The van der Waals surface area contributed by atoms with E-state index in [1.165, 1.54) is 12.3 Å². The number of benzene rings is 1. The van der Waals surface area contributed by atoms with Gasteiger partial charge in [-0.15, -0.1) is 0 Å². The number of aromatic nitrogens is 3. The number of nitrogens with zero attached hydrogens (tertiary/aromatic N) is 3. The Hall–Kier alpha value is -2.91. The minimum absolute atomic E-state index is 0.0363. The van der Waals surface area contributed by atoms with E-state index in [0.717, 1.165) is 51.5 Å². The number of hydrogen-bond donors (Lipinski definition) is 3. The minimum atomic E-state index is -4.68. The molecule has 3 aliphatic heterocycles. The quantitative estimate of drug-likeness (QED) is 0.403. The van der Waals surface area contributed by atoms with Crippen LogP contribution in [0.1, 0.15) is 41.6 Å². The molecule has 8 bridgehead atoms. The van der Waals surface area contributed by atoms with Crippen molar-refractivity contribution in [1.29, 1.82) is 0 Å². The summed E-state index contributed by atoms with van der Waals surface area (Å²) in [5, 5.41) is 6.87. The summed E-state index contributed by atoms with van der Waals surface area (Å²) in [7, 11) is -3.01. The molecule has 0 spiro atoms. The van der Waals surface area contributed by atoms with Crippen LogP contribution in [0.5, 0.6) is 0 Å². The Morgan fingerprint density at radius 3 is 2.68 bits per heavy atom. The maximum Gasteiger partial charge on any atom is 0.419 e. The third-order valence-corrected chi connectivity index (χ3v) is 8.55. The van der Waals surface area contributed by atoms with Crippen molar-refractivity contribution in [2.45, 2.75) is 37.9 Å². The third-order valence-electron chi connectivity index (χ3n) is 7.00. The molecule has 5 heterocycles. The fourth-order valence-corrected chi connectivity index (χ4v) is 6.74. The van der Waals surface area contributed by atoms with Crippen LogP contribution in [0.25, 0.3) is 22.2 Å². The zero-order valence-electron chi connectivity index (χ0n) is 20.8. The maximum atomic E-state index is 14.0. The third kappa shape index (κ3) is 5.25. The van der Waals surface area contributed by atoms with Crippen molar-refractivity contribution in [3.05, 3.63) is 35.7 Å². The molecule has 3 N–H and O–H groups in total. The number of anilines is 1. The number of carbonyl (C=O) groups excluding carboxylic acids is 1. The fourth-order valence-electron chi connectivity index (χ4n) is 5.26. The number of halogens is 3. The molecular formula is C25H30F3N6O2P. The molecule has 3 aromatic rings. The van der Waals surface area contributed by atoms with Gasteiger partial charge in [0.15, 0.2) is 0 Å². The van der Waals surface area contributed by atoms with Crippen LogP contribution < -0.4 is 15.9 Å². The smallest absolute Gasteiger partial charge is 0.360 e. The first-order valence-electron chi connectivity index (χ1n) is 12.4. The van der Waals surface area contributed by atoms with Gasteiger partial charge in [-0.1, -0.05) is 12.5 Å². The highest BCUT2D eigenvalue weighted by Gasteiger charge is 2.37. The van der Waals surface area contributed by atoms with Crippen molar-refractivity contribution in [2.24, 2.45) is 0 Å². The summed E-state index contributed by atoms with van der Waals surface area (Å²) in [6.07, 6.45) is 1.16. The van der Waals surface area contributed by atoms with Gasteiger partial charge in [0.1, 0.15) is 12.7 Å². The molecule has 0 aliphatic carbocycles.